The van der Waals surface area contributed by atoms with Crippen LogP contribution in [0.1, 0.15) is 12.0 Å². The quantitative estimate of drug-likeness (QED) is 0.610. The smallest absolute Gasteiger partial charge is 0.272 e. The Morgan fingerprint density at radius 3 is 2.71 bits per heavy atom. The molecule has 6 heteroatoms. The monoisotopic (exact) mass is 235 g/mol. The Bertz CT molecular complexity index is 487. The minimum atomic E-state index is -0.434. The Morgan fingerprint density at radius 1 is 1.53 bits per heavy atom. The van der Waals surface area contributed by atoms with Crippen LogP contribution in [-0.2, 0) is 4.79 Å². The van der Waals surface area contributed by atoms with Crippen LogP contribution < -0.4 is 10.6 Å². The Hall–Kier alpha value is -1.95. The van der Waals surface area contributed by atoms with Crippen molar-refractivity contribution in [3.8, 4) is 0 Å². The van der Waals surface area contributed by atoms with Gasteiger partial charge in [0.05, 0.1) is 4.92 Å². The van der Waals surface area contributed by atoms with Crippen molar-refractivity contribution in [3.05, 3.63) is 33.9 Å². The molecule has 0 aliphatic carbocycles. The number of hydrogen-bond donors (Lipinski definition) is 1. The molecule has 0 radical (unpaired) electrons. The molecule has 2 N–H and O–H groups in total. The minimum absolute atomic E-state index is 0.0363. The summed E-state index contributed by atoms with van der Waals surface area (Å²) in [5, 5.41) is 10.7. The summed E-state index contributed by atoms with van der Waals surface area (Å²) in [5.74, 6) is -0.0363. The molecule has 1 unspecified atom stereocenters. The highest BCUT2D eigenvalue weighted by Gasteiger charge is 2.28. The number of anilines is 1. The molecule has 1 aliphatic rings. The number of nitro groups is 1. The highest BCUT2D eigenvalue weighted by molar-refractivity contribution is 5.96. The largest absolute Gasteiger partial charge is 0.326 e. The molecule has 1 amide bonds. The van der Waals surface area contributed by atoms with Crippen LogP contribution >= 0.6 is 0 Å². The highest BCUT2D eigenvalue weighted by atomic mass is 16.6. The number of hydrogen-bond acceptors (Lipinski definition) is 4. The summed E-state index contributed by atoms with van der Waals surface area (Å²) in [6.45, 7) is 2.12. The Kier molecular flexibility index (Phi) is 2.81. The normalized spacial score (nSPS) is 19.8. The lowest BCUT2D eigenvalue weighted by atomic mass is 10.1. The summed E-state index contributed by atoms with van der Waals surface area (Å²) in [6.07, 6.45) is 0.329. The predicted molar refractivity (Wildman–Crippen MR) is 62.8 cm³/mol. The fourth-order valence-electron chi connectivity index (χ4n) is 2.00. The van der Waals surface area contributed by atoms with Gasteiger partial charge in [-0.25, -0.2) is 0 Å². The van der Waals surface area contributed by atoms with Gasteiger partial charge >= 0.3 is 0 Å². The van der Waals surface area contributed by atoms with E-state index in [0.717, 1.165) is 0 Å². The van der Waals surface area contributed by atoms with E-state index in [1.54, 1.807) is 24.0 Å². The van der Waals surface area contributed by atoms with Gasteiger partial charge in [-0.05, 0) is 19.1 Å². The molecule has 0 bridgehead atoms. The molecule has 1 aromatic carbocycles. The molecule has 6 nitrogen and oxygen atoms in total. The number of nitro benzene ring substituents is 1. The second kappa shape index (κ2) is 4.14. The lowest BCUT2D eigenvalue weighted by Crippen LogP contribution is -2.27. The maximum Gasteiger partial charge on any atom is 0.272 e. The van der Waals surface area contributed by atoms with Gasteiger partial charge in [-0.2, -0.15) is 0 Å². The van der Waals surface area contributed by atoms with Gasteiger partial charge in [0, 0.05) is 36.3 Å². The lowest BCUT2D eigenvalue weighted by Gasteiger charge is -2.16. The maximum absolute atomic E-state index is 11.6. The van der Waals surface area contributed by atoms with Crippen LogP contribution in [0.25, 0.3) is 0 Å². The van der Waals surface area contributed by atoms with Crippen molar-refractivity contribution < 1.29 is 9.72 Å². The summed E-state index contributed by atoms with van der Waals surface area (Å²) in [5.41, 5.74) is 6.97. The molecule has 1 aromatic rings. The first-order valence-electron chi connectivity index (χ1n) is 5.30. The van der Waals surface area contributed by atoms with Crippen LogP contribution in [0.4, 0.5) is 11.4 Å². The van der Waals surface area contributed by atoms with E-state index in [4.69, 9.17) is 5.73 Å². The standard InChI is InChI=1S/C11H13N3O3/c1-7-4-9(2-3-10(7)14(16)17)13-6-8(12)5-11(13)15/h2-4,8H,5-6,12H2,1H3. The number of carbonyl (C=O) groups excluding carboxylic acids is 1. The van der Waals surface area contributed by atoms with E-state index in [0.29, 0.717) is 24.2 Å². The summed E-state index contributed by atoms with van der Waals surface area (Å²) >= 11 is 0. The molecular weight excluding hydrogens is 222 g/mol. The van der Waals surface area contributed by atoms with E-state index >= 15 is 0 Å². The third-order valence-electron chi connectivity index (χ3n) is 2.84. The maximum atomic E-state index is 11.6. The number of carbonyl (C=O) groups is 1. The van der Waals surface area contributed by atoms with Gasteiger partial charge < -0.3 is 10.6 Å². The molecule has 1 atom stereocenters. The summed E-state index contributed by atoms with van der Waals surface area (Å²) in [7, 11) is 0. The summed E-state index contributed by atoms with van der Waals surface area (Å²) in [6, 6.07) is 4.50. The van der Waals surface area contributed by atoms with Crippen LogP contribution in [-0.4, -0.2) is 23.4 Å². The van der Waals surface area contributed by atoms with Crippen molar-refractivity contribution in [3.63, 3.8) is 0 Å². The highest BCUT2D eigenvalue weighted by Crippen LogP contribution is 2.26. The van der Waals surface area contributed by atoms with Gasteiger partial charge in [-0.3, -0.25) is 14.9 Å². The summed E-state index contributed by atoms with van der Waals surface area (Å²) in [4.78, 5) is 23.4. The zero-order chi connectivity index (χ0) is 12.6. The van der Waals surface area contributed by atoms with Gasteiger partial charge in [0.15, 0.2) is 0 Å². The van der Waals surface area contributed by atoms with Crippen molar-refractivity contribution >= 4 is 17.3 Å². The number of nitrogens with two attached hydrogens (primary N) is 1. The molecule has 1 saturated heterocycles. The average molecular weight is 235 g/mol. The van der Waals surface area contributed by atoms with Crippen molar-refractivity contribution in [2.24, 2.45) is 5.73 Å². The second-order valence-electron chi connectivity index (χ2n) is 4.20. The van der Waals surface area contributed by atoms with Crippen molar-refractivity contribution in [1.82, 2.24) is 0 Å². The first-order valence-corrected chi connectivity index (χ1v) is 5.30. The first-order chi connectivity index (χ1) is 7.99. The van der Waals surface area contributed by atoms with Crippen LogP contribution in [0.3, 0.4) is 0 Å². The molecule has 2 rings (SSSR count). The number of benzene rings is 1. The third kappa shape index (κ3) is 2.12. The molecule has 0 spiro atoms. The van der Waals surface area contributed by atoms with E-state index in [2.05, 4.69) is 0 Å². The Morgan fingerprint density at radius 2 is 2.24 bits per heavy atom. The van der Waals surface area contributed by atoms with Crippen molar-refractivity contribution in [2.45, 2.75) is 19.4 Å². The predicted octanol–water partition coefficient (Wildman–Crippen LogP) is 0.967. The van der Waals surface area contributed by atoms with E-state index in [9.17, 15) is 14.9 Å². The summed E-state index contributed by atoms with van der Waals surface area (Å²) < 4.78 is 0. The average Bonchev–Trinajstić information content (AvgIpc) is 2.57. The number of rotatable bonds is 2. The third-order valence-corrected chi connectivity index (χ3v) is 2.84. The SMILES string of the molecule is Cc1cc(N2CC(N)CC2=O)ccc1[N+](=O)[O-]. The van der Waals surface area contributed by atoms with Crippen molar-refractivity contribution in [1.29, 1.82) is 0 Å². The number of amides is 1. The minimum Gasteiger partial charge on any atom is -0.326 e. The number of aryl methyl sites for hydroxylation is 1. The molecule has 1 heterocycles. The zero-order valence-electron chi connectivity index (χ0n) is 9.42. The fourth-order valence-corrected chi connectivity index (χ4v) is 2.00. The van der Waals surface area contributed by atoms with E-state index in [1.807, 2.05) is 0 Å². The van der Waals surface area contributed by atoms with Gasteiger partial charge in [0.2, 0.25) is 5.91 Å². The van der Waals surface area contributed by atoms with Gasteiger partial charge in [-0.1, -0.05) is 0 Å². The molecule has 0 aromatic heterocycles. The van der Waals surface area contributed by atoms with Crippen molar-refractivity contribution in [2.75, 3.05) is 11.4 Å². The molecule has 17 heavy (non-hydrogen) atoms. The molecule has 1 fully saturated rings. The van der Waals surface area contributed by atoms with Gasteiger partial charge in [0.1, 0.15) is 0 Å². The van der Waals surface area contributed by atoms with E-state index in [-0.39, 0.29) is 17.6 Å². The van der Waals surface area contributed by atoms with E-state index < -0.39 is 4.92 Å². The topological polar surface area (TPSA) is 89.5 Å². The molecule has 1 aliphatic heterocycles. The van der Waals surface area contributed by atoms with Crippen LogP contribution in [0.5, 0.6) is 0 Å². The molecular formula is C11H13N3O3. The Labute approximate surface area is 98.2 Å². The second-order valence-corrected chi connectivity index (χ2v) is 4.20. The van der Waals surface area contributed by atoms with Crippen LogP contribution in [0.15, 0.2) is 18.2 Å². The molecule has 90 valence electrons. The number of nitrogens with zero attached hydrogens (tertiary/aromatic N) is 2. The van der Waals surface area contributed by atoms with Gasteiger partial charge in [0.25, 0.3) is 5.69 Å². The van der Waals surface area contributed by atoms with E-state index in [1.165, 1.54) is 6.07 Å². The molecule has 0 saturated carbocycles. The fraction of sp³-hybridized carbons (Fsp3) is 0.364. The Balaban J connectivity index is 2.32. The van der Waals surface area contributed by atoms with Gasteiger partial charge in [-0.15, -0.1) is 0 Å². The lowest BCUT2D eigenvalue weighted by molar-refractivity contribution is -0.385. The first kappa shape index (κ1) is 11.5. The van der Waals surface area contributed by atoms with Crippen LogP contribution in [0.2, 0.25) is 0 Å². The zero-order valence-corrected chi connectivity index (χ0v) is 9.42. The van der Waals surface area contributed by atoms with Crippen LogP contribution in [0, 0.1) is 17.0 Å².